The number of thiophene rings is 2. The number of nitrogens with zero attached hydrogens (tertiary/aromatic N) is 4. The first-order valence-electron chi connectivity index (χ1n) is 21.4. The van der Waals surface area contributed by atoms with Crippen LogP contribution in [0.25, 0.3) is 127 Å². The summed E-state index contributed by atoms with van der Waals surface area (Å²) >= 11 is 3.61. The molecule has 0 amide bonds. The first-order valence-corrected chi connectivity index (χ1v) is 23.0. The summed E-state index contributed by atoms with van der Waals surface area (Å²) in [7, 11) is 0. The Balaban J connectivity index is 1.06. The maximum atomic E-state index is 5.20. The van der Waals surface area contributed by atoms with Crippen molar-refractivity contribution >= 4 is 87.4 Å². The SMILES string of the molecule is C=c1/c(=C\C=C/C)sc2c(-c3nc(-c4ccccc4)nc(-c4ccccc4)n3)cc(-c3cccc(-c4ccc5c6c7sc8ccccc8c7ccc6n(-c6ccccc6)c5c4)c3)cc12. The first-order chi connectivity index (χ1) is 31.6. The van der Waals surface area contributed by atoms with Crippen LogP contribution in [-0.2, 0) is 0 Å². The van der Waals surface area contributed by atoms with E-state index in [1.165, 1.54) is 42.0 Å². The Labute approximate surface area is 377 Å². The molecule has 4 nitrogen and oxygen atoms in total. The van der Waals surface area contributed by atoms with Crippen molar-refractivity contribution in [3.05, 3.63) is 204 Å². The number of hydrogen-bond donors (Lipinski definition) is 0. The molecule has 302 valence electrons. The van der Waals surface area contributed by atoms with Gasteiger partial charge in [-0.3, -0.25) is 0 Å². The number of para-hydroxylation sites is 1. The van der Waals surface area contributed by atoms with Crippen LogP contribution in [-0.4, -0.2) is 19.5 Å². The maximum Gasteiger partial charge on any atom is 0.165 e. The predicted octanol–water partition coefficient (Wildman–Crippen LogP) is 14.7. The minimum Gasteiger partial charge on any atom is -0.309 e. The van der Waals surface area contributed by atoms with Crippen molar-refractivity contribution in [1.29, 1.82) is 0 Å². The molecule has 8 aromatic carbocycles. The fraction of sp³-hybridized carbons (Fsp3) is 0.0172. The highest BCUT2D eigenvalue weighted by Gasteiger charge is 2.20. The van der Waals surface area contributed by atoms with Gasteiger partial charge in [0, 0.05) is 67.9 Å². The molecule has 0 spiro atoms. The van der Waals surface area contributed by atoms with E-state index in [1.807, 2.05) is 60.7 Å². The van der Waals surface area contributed by atoms with Gasteiger partial charge in [0.1, 0.15) is 0 Å². The van der Waals surface area contributed by atoms with E-state index < -0.39 is 0 Å². The van der Waals surface area contributed by atoms with Crippen LogP contribution in [0.2, 0.25) is 0 Å². The average Bonchev–Trinajstić information content (AvgIpc) is 4.02. The van der Waals surface area contributed by atoms with E-state index in [0.29, 0.717) is 17.5 Å². The molecule has 0 unspecified atom stereocenters. The topological polar surface area (TPSA) is 43.6 Å². The Morgan fingerprint density at radius 1 is 0.469 bits per heavy atom. The molecule has 4 aromatic heterocycles. The lowest BCUT2D eigenvalue weighted by Crippen LogP contribution is -2.15. The summed E-state index contributed by atoms with van der Waals surface area (Å²) in [6, 6.07) is 64.8. The van der Waals surface area contributed by atoms with Gasteiger partial charge in [-0.2, -0.15) is 0 Å². The van der Waals surface area contributed by atoms with Crippen LogP contribution in [0, 0.1) is 0 Å². The van der Waals surface area contributed by atoms with Crippen molar-refractivity contribution in [2.45, 2.75) is 6.92 Å². The smallest absolute Gasteiger partial charge is 0.165 e. The second-order valence-corrected chi connectivity index (χ2v) is 18.1. The Bertz CT molecular complexity index is 3860. The van der Waals surface area contributed by atoms with Gasteiger partial charge >= 0.3 is 0 Å². The first kappa shape index (κ1) is 37.9. The molecule has 0 aliphatic rings. The van der Waals surface area contributed by atoms with E-state index in [2.05, 4.69) is 169 Å². The van der Waals surface area contributed by atoms with Crippen LogP contribution in [0.5, 0.6) is 0 Å². The Morgan fingerprint density at radius 2 is 1.09 bits per heavy atom. The highest BCUT2D eigenvalue weighted by atomic mass is 32.1. The molecule has 0 N–H and O–H groups in total. The van der Waals surface area contributed by atoms with Crippen LogP contribution in [0.15, 0.2) is 194 Å². The van der Waals surface area contributed by atoms with Gasteiger partial charge in [-0.05, 0) is 89.0 Å². The standard InChI is InChI=1S/C58H38N4S2/c1-3-4-26-51-36(2)47-33-42(34-48(54(47)63-51)58-60-56(37-17-8-5-9-18-37)59-57(61-58)38-19-10-6-11-20-38)40-22-16-21-39(32-40)41-28-29-46-50(35-41)62(43-23-12-7-13-24-43)49-31-30-45-44-25-14-15-27-52(44)64-55(45)53(46)49/h3-35H,2H2,1H3/b4-3-,51-26+. The third-order valence-electron chi connectivity index (χ3n) is 12.1. The predicted molar refractivity (Wildman–Crippen MR) is 274 cm³/mol. The van der Waals surface area contributed by atoms with Crippen molar-refractivity contribution in [3.8, 4) is 62.1 Å². The molecular formula is C58H38N4S2. The van der Waals surface area contributed by atoms with Gasteiger partial charge in [0.2, 0.25) is 0 Å². The van der Waals surface area contributed by atoms with Crippen molar-refractivity contribution in [2.24, 2.45) is 0 Å². The number of aromatic nitrogens is 4. The van der Waals surface area contributed by atoms with Crippen LogP contribution < -0.4 is 9.75 Å². The molecule has 4 heterocycles. The summed E-state index contributed by atoms with van der Waals surface area (Å²) in [5, 5.41) is 7.24. The third kappa shape index (κ3) is 6.38. The monoisotopic (exact) mass is 854 g/mol. The molecule has 12 aromatic rings. The van der Waals surface area contributed by atoms with Crippen LogP contribution in [0.1, 0.15) is 6.92 Å². The second-order valence-electron chi connectivity index (χ2n) is 16.0. The molecule has 0 aliphatic heterocycles. The van der Waals surface area contributed by atoms with E-state index in [1.54, 1.807) is 11.3 Å². The lowest BCUT2D eigenvalue weighted by Gasteiger charge is -2.12. The Morgan fingerprint density at radius 3 is 1.83 bits per heavy atom. The number of fused-ring (bicyclic) bond motifs is 8. The maximum absolute atomic E-state index is 5.20. The van der Waals surface area contributed by atoms with Crippen molar-refractivity contribution in [3.63, 3.8) is 0 Å². The van der Waals surface area contributed by atoms with Gasteiger partial charge in [0.05, 0.1) is 11.0 Å². The van der Waals surface area contributed by atoms with Crippen molar-refractivity contribution in [2.75, 3.05) is 0 Å². The van der Waals surface area contributed by atoms with E-state index in [9.17, 15) is 0 Å². The molecule has 64 heavy (non-hydrogen) atoms. The molecule has 0 radical (unpaired) electrons. The number of rotatable bonds is 7. The summed E-state index contributed by atoms with van der Waals surface area (Å²) in [6.07, 6.45) is 6.27. The summed E-state index contributed by atoms with van der Waals surface area (Å²) < 4.78 is 7.27. The number of benzene rings is 8. The molecule has 6 heteroatoms. The molecule has 0 aliphatic carbocycles. The fourth-order valence-electron chi connectivity index (χ4n) is 9.04. The van der Waals surface area contributed by atoms with Crippen LogP contribution in [0.4, 0.5) is 0 Å². The highest BCUT2D eigenvalue weighted by molar-refractivity contribution is 7.26. The van der Waals surface area contributed by atoms with Crippen molar-refractivity contribution in [1.82, 2.24) is 19.5 Å². The largest absolute Gasteiger partial charge is 0.309 e. The van der Waals surface area contributed by atoms with E-state index in [0.717, 1.165) is 64.5 Å². The molecule has 0 saturated carbocycles. The minimum absolute atomic E-state index is 0.626. The van der Waals surface area contributed by atoms with E-state index >= 15 is 0 Å². The summed E-state index contributed by atoms with van der Waals surface area (Å²) in [4.78, 5) is 15.4. The van der Waals surface area contributed by atoms with Crippen LogP contribution in [0.3, 0.4) is 0 Å². The summed E-state index contributed by atoms with van der Waals surface area (Å²) in [6.45, 7) is 6.66. The number of allylic oxidation sites excluding steroid dienone is 2. The lowest BCUT2D eigenvalue weighted by atomic mass is 9.96. The van der Waals surface area contributed by atoms with E-state index in [-0.39, 0.29) is 0 Å². The van der Waals surface area contributed by atoms with Crippen molar-refractivity contribution < 1.29 is 0 Å². The lowest BCUT2D eigenvalue weighted by molar-refractivity contribution is 1.08. The Kier molecular flexibility index (Phi) is 9.22. The van der Waals surface area contributed by atoms with Gasteiger partial charge < -0.3 is 4.57 Å². The molecule has 0 atom stereocenters. The molecule has 0 bridgehead atoms. The van der Waals surface area contributed by atoms with Crippen LogP contribution >= 0.6 is 22.7 Å². The normalized spacial score (nSPS) is 12.2. The van der Waals surface area contributed by atoms with Gasteiger partial charge in [0.15, 0.2) is 17.5 Å². The quantitative estimate of drug-likeness (QED) is 0.160. The summed E-state index contributed by atoms with van der Waals surface area (Å²) in [5.74, 6) is 1.89. The van der Waals surface area contributed by atoms with Gasteiger partial charge in [-0.25, -0.2) is 15.0 Å². The average molecular weight is 855 g/mol. The molecular weight excluding hydrogens is 817 g/mol. The zero-order chi connectivity index (χ0) is 42.7. The van der Waals surface area contributed by atoms with E-state index in [4.69, 9.17) is 15.0 Å². The number of hydrogen-bond acceptors (Lipinski definition) is 5. The third-order valence-corrected chi connectivity index (χ3v) is 14.6. The molecule has 12 rings (SSSR count). The van der Waals surface area contributed by atoms with Gasteiger partial charge in [-0.1, -0.05) is 152 Å². The second kappa shape index (κ2) is 15.5. The Hall–Kier alpha value is -7.77. The summed E-state index contributed by atoms with van der Waals surface area (Å²) in [5.41, 5.74) is 10.8. The fourth-order valence-corrected chi connectivity index (χ4v) is 11.5. The van der Waals surface area contributed by atoms with Gasteiger partial charge in [0.25, 0.3) is 0 Å². The molecule has 0 fully saturated rings. The zero-order valence-corrected chi connectivity index (χ0v) is 36.5. The highest BCUT2D eigenvalue weighted by Crippen LogP contribution is 2.44. The molecule has 0 saturated heterocycles. The van der Waals surface area contributed by atoms with Gasteiger partial charge in [-0.15, -0.1) is 22.7 Å². The minimum atomic E-state index is 0.626. The zero-order valence-electron chi connectivity index (χ0n) is 34.9.